The van der Waals surface area contributed by atoms with Crippen molar-refractivity contribution in [2.45, 2.75) is 11.8 Å². The van der Waals surface area contributed by atoms with Crippen LogP contribution < -0.4 is 10.6 Å². The first kappa shape index (κ1) is 25.4. The van der Waals surface area contributed by atoms with E-state index in [2.05, 4.69) is 10.6 Å². The van der Waals surface area contributed by atoms with Gasteiger partial charge < -0.3 is 10.6 Å². The number of amides is 2. The number of hydrogen-bond acceptors (Lipinski definition) is 4. The average molecular weight is 543 g/mol. The fourth-order valence-electron chi connectivity index (χ4n) is 4.41. The van der Waals surface area contributed by atoms with Gasteiger partial charge in [-0.1, -0.05) is 48.5 Å². The summed E-state index contributed by atoms with van der Waals surface area (Å²) in [6.45, 7) is 0. The lowest BCUT2D eigenvalue weighted by Crippen LogP contribution is -2.26. The van der Waals surface area contributed by atoms with Gasteiger partial charge in [-0.05, 0) is 47.5 Å². The smallest absolute Gasteiger partial charge is 0.255 e. The van der Waals surface area contributed by atoms with Gasteiger partial charge in [0.2, 0.25) is 0 Å². The number of ketones is 2. The van der Waals surface area contributed by atoms with E-state index in [0.717, 1.165) is 11.1 Å². The summed E-state index contributed by atoms with van der Waals surface area (Å²) in [7, 11) is 0. The lowest BCUT2D eigenvalue weighted by atomic mass is 9.82. The highest BCUT2D eigenvalue weighted by molar-refractivity contribution is 6.33. The lowest BCUT2D eigenvalue weighted by Gasteiger charge is -2.23. The number of fused-ring (bicyclic) bond motifs is 2. The normalized spacial score (nSPS) is 11.9. The van der Waals surface area contributed by atoms with Gasteiger partial charge in [-0.25, -0.2) is 0 Å². The molecule has 38 heavy (non-hydrogen) atoms. The van der Waals surface area contributed by atoms with Gasteiger partial charge >= 0.3 is 0 Å². The van der Waals surface area contributed by atoms with Crippen molar-refractivity contribution in [1.82, 2.24) is 0 Å². The summed E-state index contributed by atoms with van der Waals surface area (Å²) in [6, 6.07) is 23.1. The number of rotatable bonds is 6. The molecule has 0 fully saturated rings. The first-order valence-electron chi connectivity index (χ1n) is 11.7. The maximum atomic E-state index is 13.6. The monoisotopic (exact) mass is 542 g/mol. The van der Waals surface area contributed by atoms with Crippen LogP contribution in [0.1, 0.15) is 63.7 Å². The van der Waals surface area contributed by atoms with Gasteiger partial charge in [-0.3, -0.25) is 19.2 Å². The van der Waals surface area contributed by atoms with E-state index in [1.165, 1.54) is 12.1 Å². The molecule has 0 atom stereocenters. The lowest BCUT2D eigenvalue weighted by molar-refractivity contribution is 0.0977. The summed E-state index contributed by atoms with van der Waals surface area (Å²) in [4.78, 5) is 53.4. The Kier molecular flexibility index (Phi) is 7.09. The Labute approximate surface area is 228 Å². The highest BCUT2D eigenvalue weighted by Gasteiger charge is 2.34. The topological polar surface area (TPSA) is 92.3 Å². The van der Waals surface area contributed by atoms with Crippen molar-refractivity contribution in [3.05, 3.63) is 129 Å². The summed E-state index contributed by atoms with van der Waals surface area (Å²) in [5, 5.41) is 5.53. The van der Waals surface area contributed by atoms with E-state index in [4.69, 9.17) is 23.2 Å². The molecule has 1 aliphatic rings. The Morgan fingerprint density at radius 1 is 0.579 bits per heavy atom. The molecule has 8 heteroatoms. The van der Waals surface area contributed by atoms with Crippen molar-refractivity contribution in [1.29, 1.82) is 0 Å². The maximum Gasteiger partial charge on any atom is 0.255 e. The van der Waals surface area contributed by atoms with Crippen LogP contribution in [0.2, 0.25) is 0 Å². The van der Waals surface area contributed by atoms with Crippen molar-refractivity contribution in [2.24, 2.45) is 0 Å². The number of anilines is 2. The fourth-order valence-corrected chi connectivity index (χ4v) is 4.74. The summed E-state index contributed by atoms with van der Waals surface area (Å²) in [6.07, 6.45) is 0. The van der Waals surface area contributed by atoms with Crippen LogP contribution in [0.5, 0.6) is 0 Å². The van der Waals surface area contributed by atoms with Gasteiger partial charge in [0.05, 0.1) is 22.5 Å². The molecule has 6 nitrogen and oxygen atoms in total. The van der Waals surface area contributed by atoms with E-state index in [9.17, 15) is 19.2 Å². The molecule has 2 N–H and O–H groups in total. The summed E-state index contributed by atoms with van der Waals surface area (Å²) < 4.78 is 0. The molecular weight excluding hydrogens is 523 g/mol. The van der Waals surface area contributed by atoms with Crippen molar-refractivity contribution < 1.29 is 19.2 Å². The van der Waals surface area contributed by atoms with Gasteiger partial charge in [-0.2, -0.15) is 0 Å². The second-order valence-corrected chi connectivity index (χ2v) is 9.23. The predicted molar refractivity (Wildman–Crippen MR) is 148 cm³/mol. The molecule has 1 aliphatic carbocycles. The molecule has 5 rings (SSSR count). The predicted octanol–water partition coefficient (Wildman–Crippen LogP) is 6.44. The molecule has 0 saturated heterocycles. The molecule has 0 spiro atoms. The number of benzene rings is 4. The highest BCUT2D eigenvalue weighted by Crippen LogP contribution is 2.37. The Balaban J connectivity index is 1.58. The minimum absolute atomic E-state index is 0.0165. The Hall–Kier alpha value is -4.26. The molecule has 4 aromatic carbocycles. The number of nitrogens with one attached hydrogen (secondary N) is 2. The second kappa shape index (κ2) is 10.6. The van der Waals surface area contributed by atoms with Crippen LogP contribution >= 0.6 is 23.2 Å². The first-order valence-corrected chi connectivity index (χ1v) is 12.8. The molecule has 188 valence electrons. The third kappa shape index (κ3) is 4.72. The van der Waals surface area contributed by atoms with Crippen molar-refractivity contribution in [2.75, 3.05) is 10.6 Å². The number of hydrogen-bond donors (Lipinski definition) is 2. The van der Waals surface area contributed by atoms with Crippen molar-refractivity contribution in [3.8, 4) is 0 Å². The van der Waals surface area contributed by atoms with Crippen LogP contribution in [0.3, 0.4) is 0 Å². The largest absolute Gasteiger partial charge is 0.321 e. The van der Waals surface area contributed by atoms with E-state index in [1.807, 2.05) is 0 Å². The second-order valence-electron chi connectivity index (χ2n) is 8.69. The van der Waals surface area contributed by atoms with Gasteiger partial charge in [0, 0.05) is 34.0 Å². The Morgan fingerprint density at radius 3 is 1.39 bits per heavy atom. The minimum atomic E-state index is -0.465. The van der Waals surface area contributed by atoms with Gasteiger partial charge in [0.15, 0.2) is 11.6 Å². The molecular formula is C30H20Cl2N2O4. The summed E-state index contributed by atoms with van der Waals surface area (Å²) in [5.74, 6) is -1.31. The van der Waals surface area contributed by atoms with Gasteiger partial charge in [0.1, 0.15) is 0 Å². The molecule has 0 aromatic heterocycles. The van der Waals surface area contributed by atoms with E-state index in [0.29, 0.717) is 11.1 Å². The highest BCUT2D eigenvalue weighted by atomic mass is 35.5. The van der Waals surface area contributed by atoms with E-state index < -0.39 is 23.4 Å². The van der Waals surface area contributed by atoms with Crippen molar-refractivity contribution >= 4 is 58.0 Å². The van der Waals surface area contributed by atoms with Crippen molar-refractivity contribution in [3.63, 3.8) is 0 Å². The molecule has 0 radical (unpaired) electrons. The van der Waals surface area contributed by atoms with E-state index >= 15 is 0 Å². The number of carbonyl (C=O) groups is 4. The molecule has 0 unspecified atom stereocenters. The quantitative estimate of drug-likeness (QED) is 0.241. The zero-order valence-corrected chi connectivity index (χ0v) is 21.4. The van der Waals surface area contributed by atoms with E-state index in [1.54, 1.807) is 72.8 Å². The summed E-state index contributed by atoms with van der Waals surface area (Å²) in [5.41, 5.74) is 3.03. The molecule has 0 saturated carbocycles. The van der Waals surface area contributed by atoms with Gasteiger partial charge in [-0.15, -0.1) is 23.2 Å². The van der Waals surface area contributed by atoms with Crippen LogP contribution in [0.25, 0.3) is 0 Å². The maximum absolute atomic E-state index is 13.6. The molecule has 2 amide bonds. The summed E-state index contributed by atoms with van der Waals surface area (Å²) >= 11 is 11.8. The number of alkyl halides is 2. The molecule has 0 heterocycles. The minimum Gasteiger partial charge on any atom is -0.321 e. The SMILES string of the molecule is O=C(Nc1ccc(NC(=O)c2cccc(CCl)c2)c2c1C(=O)c1ccccc1C2=O)c1cccc(CCl)c1. The third-order valence-corrected chi connectivity index (χ3v) is 6.88. The fraction of sp³-hybridized carbons (Fsp3) is 0.0667. The number of carbonyl (C=O) groups excluding carboxylic acids is 4. The molecule has 4 aromatic rings. The Morgan fingerprint density at radius 2 is 1.00 bits per heavy atom. The van der Waals surface area contributed by atoms with Crippen LogP contribution in [0, 0.1) is 0 Å². The molecule has 0 aliphatic heterocycles. The third-order valence-electron chi connectivity index (χ3n) is 6.26. The number of halogens is 2. The van der Waals surface area contributed by atoms with Crippen LogP contribution in [-0.2, 0) is 11.8 Å². The zero-order chi connectivity index (χ0) is 26.8. The first-order chi connectivity index (χ1) is 18.4. The van der Waals surface area contributed by atoms with E-state index in [-0.39, 0.29) is 45.4 Å². The van der Waals surface area contributed by atoms with Gasteiger partial charge in [0.25, 0.3) is 11.8 Å². The van der Waals surface area contributed by atoms with Crippen LogP contribution in [-0.4, -0.2) is 23.4 Å². The zero-order valence-electron chi connectivity index (χ0n) is 19.9. The van der Waals surface area contributed by atoms with Crippen LogP contribution in [0.4, 0.5) is 11.4 Å². The standard InChI is InChI=1S/C30H20Cl2N2O4/c31-15-17-5-3-7-19(13-17)29(37)33-23-11-12-24(34-30(38)20-8-4-6-18(14-20)16-32)26-25(23)27(35)21-9-1-2-10-22(21)28(26)36/h1-14H,15-16H2,(H,33,37)(H,34,38). The average Bonchev–Trinajstić information content (AvgIpc) is 2.96. The molecule has 0 bridgehead atoms. The van der Waals surface area contributed by atoms with Crippen LogP contribution in [0.15, 0.2) is 84.9 Å². The Bertz CT molecular complexity index is 1510.